The van der Waals surface area contributed by atoms with Crippen molar-refractivity contribution in [3.8, 4) is 0 Å². The zero-order chi connectivity index (χ0) is 14.0. The number of hydrogen-bond acceptors (Lipinski definition) is 2. The number of carbonyl (C=O) groups excluding carboxylic acids is 1. The van der Waals surface area contributed by atoms with Crippen molar-refractivity contribution < 1.29 is 4.79 Å². The van der Waals surface area contributed by atoms with E-state index in [0.717, 1.165) is 18.4 Å². The number of carbonyl (C=O) groups is 1. The molecule has 2 unspecified atom stereocenters. The summed E-state index contributed by atoms with van der Waals surface area (Å²) < 4.78 is 0. The number of amides is 1. The zero-order valence-electron chi connectivity index (χ0n) is 12.1. The summed E-state index contributed by atoms with van der Waals surface area (Å²) in [5.74, 6) is 1.38. The van der Waals surface area contributed by atoms with Gasteiger partial charge in [-0.1, -0.05) is 13.8 Å². The van der Waals surface area contributed by atoms with Crippen molar-refractivity contribution in [2.24, 2.45) is 11.8 Å². The zero-order valence-corrected chi connectivity index (χ0v) is 12.1. The highest BCUT2D eigenvalue weighted by Crippen LogP contribution is 2.28. The molecule has 2 atom stereocenters. The van der Waals surface area contributed by atoms with Gasteiger partial charge >= 0.3 is 0 Å². The third-order valence-electron chi connectivity index (χ3n) is 3.88. The molecule has 1 amide bonds. The first-order valence-electron chi connectivity index (χ1n) is 7.12. The van der Waals surface area contributed by atoms with Crippen LogP contribution in [0.25, 0.3) is 0 Å². The number of anilines is 1. The van der Waals surface area contributed by atoms with Gasteiger partial charge in [0.05, 0.1) is 0 Å². The quantitative estimate of drug-likeness (QED) is 0.803. The lowest BCUT2D eigenvalue weighted by atomic mass is 9.80. The average molecular weight is 260 g/mol. The molecule has 1 saturated carbocycles. The van der Waals surface area contributed by atoms with Gasteiger partial charge < -0.3 is 11.1 Å². The fraction of sp³-hybridized carbons (Fsp3) is 0.562. The Kier molecular flexibility index (Phi) is 4.13. The van der Waals surface area contributed by atoms with Gasteiger partial charge in [0, 0.05) is 17.3 Å². The molecule has 1 aliphatic rings. The van der Waals surface area contributed by atoms with Crippen LogP contribution in [-0.2, 0) is 0 Å². The number of rotatable bonds is 2. The minimum Gasteiger partial charge on any atom is -0.399 e. The maximum atomic E-state index is 12.3. The lowest BCUT2D eigenvalue weighted by Crippen LogP contribution is -2.40. The standard InChI is InChI=1S/C16H24N2O/c1-10-4-11(2)8-15(7-10)18-16(19)13-5-12(3)6-14(17)9-13/h5-6,9-11,15H,4,7-8,17H2,1-3H3,(H,18,19). The van der Waals surface area contributed by atoms with Crippen LogP contribution >= 0.6 is 0 Å². The summed E-state index contributed by atoms with van der Waals surface area (Å²) in [5, 5.41) is 3.16. The van der Waals surface area contributed by atoms with E-state index in [2.05, 4.69) is 19.2 Å². The van der Waals surface area contributed by atoms with Gasteiger partial charge in [-0.15, -0.1) is 0 Å². The number of aryl methyl sites for hydroxylation is 1. The lowest BCUT2D eigenvalue weighted by molar-refractivity contribution is 0.0911. The van der Waals surface area contributed by atoms with E-state index in [1.54, 1.807) is 6.07 Å². The van der Waals surface area contributed by atoms with Gasteiger partial charge in [0.25, 0.3) is 5.91 Å². The molecule has 0 aromatic heterocycles. The molecule has 3 N–H and O–H groups in total. The highest BCUT2D eigenvalue weighted by atomic mass is 16.1. The molecule has 2 rings (SSSR count). The second-order valence-electron chi connectivity index (χ2n) is 6.22. The van der Waals surface area contributed by atoms with Gasteiger partial charge in [-0.25, -0.2) is 0 Å². The van der Waals surface area contributed by atoms with Crippen molar-refractivity contribution in [2.45, 2.75) is 46.1 Å². The minimum absolute atomic E-state index is 0.00157. The van der Waals surface area contributed by atoms with E-state index in [0.29, 0.717) is 29.1 Å². The Morgan fingerprint density at radius 1 is 1.16 bits per heavy atom. The monoisotopic (exact) mass is 260 g/mol. The Labute approximate surface area is 115 Å². The Balaban J connectivity index is 2.04. The molecular weight excluding hydrogens is 236 g/mol. The Hall–Kier alpha value is -1.51. The van der Waals surface area contributed by atoms with E-state index < -0.39 is 0 Å². The van der Waals surface area contributed by atoms with Crippen LogP contribution in [0.2, 0.25) is 0 Å². The van der Waals surface area contributed by atoms with Crippen LogP contribution < -0.4 is 11.1 Å². The Morgan fingerprint density at radius 2 is 1.79 bits per heavy atom. The van der Waals surface area contributed by atoms with Gasteiger partial charge in [0.15, 0.2) is 0 Å². The molecule has 0 spiro atoms. The van der Waals surface area contributed by atoms with Crippen LogP contribution in [0.4, 0.5) is 5.69 Å². The Bertz CT molecular complexity index is 440. The summed E-state index contributed by atoms with van der Waals surface area (Å²) in [7, 11) is 0. The molecule has 104 valence electrons. The summed E-state index contributed by atoms with van der Waals surface area (Å²) in [5.41, 5.74) is 8.14. The van der Waals surface area contributed by atoms with Crippen molar-refractivity contribution >= 4 is 11.6 Å². The van der Waals surface area contributed by atoms with Crippen LogP contribution in [0.3, 0.4) is 0 Å². The molecule has 19 heavy (non-hydrogen) atoms. The van der Waals surface area contributed by atoms with Crippen molar-refractivity contribution in [1.82, 2.24) is 5.32 Å². The summed E-state index contributed by atoms with van der Waals surface area (Å²) in [4.78, 5) is 12.3. The van der Waals surface area contributed by atoms with E-state index >= 15 is 0 Å². The largest absolute Gasteiger partial charge is 0.399 e. The maximum Gasteiger partial charge on any atom is 0.251 e. The van der Waals surface area contributed by atoms with Gasteiger partial charge in [-0.05, 0) is 61.8 Å². The number of hydrogen-bond donors (Lipinski definition) is 2. The molecule has 0 saturated heterocycles. The number of nitrogens with two attached hydrogens (primary N) is 1. The number of nitrogens with one attached hydrogen (secondary N) is 1. The predicted octanol–water partition coefficient (Wildman–Crippen LogP) is 3.13. The first-order valence-corrected chi connectivity index (χ1v) is 7.12. The van der Waals surface area contributed by atoms with Crippen LogP contribution in [0.5, 0.6) is 0 Å². The molecule has 0 heterocycles. The second kappa shape index (κ2) is 5.64. The highest BCUT2D eigenvalue weighted by Gasteiger charge is 2.25. The molecule has 1 aromatic carbocycles. The molecular formula is C16H24N2O. The third-order valence-corrected chi connectivity index (χ3v) is 3.88. The molecule has 1 aliphatic carbocycles. The van der Waals surface area contributed by atoms with E-state index in [1.807, 2.05) is 19.1 Å². The van der Waals surface area contributed by atoms with Gasteiger partial charge in [0.1, 0.15) is 0 Å². The minimum atomic E-state index is 0.00157. The van der Waals surface area contributed by atoms with E-state index in [9.17, 15) is 4.79 Å². The topological polar surface area (TPSA) is 55.1 Å². The number of nitrogen functional groups attached to an aromatic ring is 1. The normalized spacial score (nSPS) is 27.0. The Morgan fingerprint density at radius 3 is 2.37 bits per heavy atom. The number of benzene rings is 1. The summed E-state index contributed by atoms with van der Waals surface area (Å²) in [6, 6.07) is 5.81. The van der Waals surface area contributed by atoms with E-state index in [1.165, 1.54) is 6.42 Å². The summed E-state index contributed by atoms with van der Waals surface area (Å²) in [6.07, 6.45) is 3.43. The SMILES string of the molecule is Cc1cc(N)cc(C(=O)NC2CC(C)CC(C)C2)c1. The van der Waals surface area contributed by atoms with Crippen molar-refractivity contribution in [3.05, 3.63) is 29.3 Å². The van der Waals surface area contributed by atoms with Gasteiger partial charge in [-0.3, -0.25) is 4.79 Å². The van der Waals surface area contributed by atoms with Crippen molar-refractivity contribution in [3.63, 3.8) is 0 Å². The molecule has 0 bridgehead atoms. The lowest BCUT2D eigenvalue weighted by Gasteiger charge is -2.32. The van der Waals surface area contributed by atoms with Crippen LogP contribution in [0.1, 0.15) is 49.0 Å². The molecule has 1 aromatic rings. The van der Waals surface area contributed by atoms with Crippen molar-refractivity contribution in [2.75, 3.05) is 5.73 Å². The first kappa shape index (κ1) is 13.9. The van der Waals surface area contributed by atoms with Gasteiger partial charge in [0.2, 0.25) is 0 Å². The van der Waals surface area contributed by atoms with E-state index in [-0.39, 0.29) is 5.91 Å². The smallest absolute Gasteiger partial charge is 0.251 e. The molecule has 3 nitrogen and oxygen atoms in total. The first-order chi connectivity index (χ1) is 8.94. The van der Waals surface area contributed by atoms with Crippen LogP contribution in [0.15, 0.2) is 18.2 Å². The maximum absolute atomic E-state index is 12.3. The van der Waals surface area contributed by atoms with Crippen molar-refractivity contribution in [1.29, 1.82) is 0 Å². The molecule has 0 radical (unpaired) electrons. The molecule has 1 fully saturated rings. The predicted molar refractivity (Wildman–Crippen MR) is 79.0 cm³/mol. The van der Waals surface area contributed by atoms with E-state index in [4.69, 9.17) is 5.73 Å². The fourth-order valence-electron chi connectivity index (χ4n) is 3.28. The second-order valence-corrected chi connectivity index (χ2v) is 6.22. The summed E-state index contributed by atoms with van der Waals surface area (Å²) in [6.45, 7) is 6.48. The molecule has 3 heteroatoms. The highest BCUT2D eigenvalue weighted by molar-refractivity contribution is 5.95. The fourth-order valence-corrected chi connectivity index (χ4v) is 3.28. The van der Waals surface area contributed by atoms with Gasteiger partial charge in [-0.2, -0.15) is 0 Å². The molecule has 0 aliphatic heterocycles. The summed E-state index contributed by atoms with van der Waals surface area (Å²) >= 11 is 0. The van der Waals surface area contributed by atoms with Crippen LogP contribution in [0, 0.1) is 18.8 Å². The third kappa shape index (κ3) is 3.72. The average Bonchev–Trinajstić information content (AvgIpc) is 2.25. The van der Waals surface area contributed by atoms with Crippen LogP contribution in [-0.4, -0.2) is 11.9 Å².